The van der Waals surface area contributed by atoms with Crippen molar-refractivity contribution in [3.05, 3.63) is 34.2 Å². The third kappa shape index (κ3) is 1.24. The molecule has 0 saturated heterocycles. The molecule has 0 atom stereocenters. The number of carbonyl (C=O) groups is 1. The van der Waals surface area contributed by atoms with Crippen LogP contribution in [0.5, 0.6) is 0 Å². The lowest BCUT2D eigenvalue weighted by molar-refractivity contribution is 0.111. The van der Waals surface area contributed by atoms with Crippen LogP contribution in [0, 0.1) is 5.41 Å². The molecule has 1 heterocycles. The van der Waals surface area contributed by atoms with Crippen LogP contribution in [-0.2, 0) is 0 Å². The van der Waals surface area contributed by atoms with Gasteiger partial charge in [0.25, 0.3) is 5.56 Å². The molecule has 11 heavy (non-hydrogen) atoms. The molecule has 4 heteroatoms. The highest BCUT2D eigenvalue weighted by atomic mass is 16.1. The molecule has 0 saturated carbocycles. The zero-order valence-corrected chi connectivity index (χ0v) is 5.65. The van der Waals surface area contributed by atoms with Crippen molar-refractivity contribution in [2.75, 3.05) is 0 Å². The molecule has 1 N–H and O–H groups in total. The van der Waals surface area contributed by atoms with E-state index in [9.17, 15) is 9.59 Å². The Balaban J connectivity index is 3.47. The van der Waals surface area contributed by atoms with Gasteiger partial charge in [-0.05, 0) is 6.07 Å². The number of nitrogens with one attached hydrogen (secondary N) is 1. The summed E-state index contributed by atoms with van der Waals surface area (Å²) in [7, 11) is 0. The fraction of sp³-hybridized carbons (Fsp3) is 0. The number of aromatic nitrogens is 1. The standard InChI is InChI=1S/C7H6N2O2/c8-5-9-6(4-10)2-1-3-7(9)11/h1-5,8H. The van der Waals surface area contributed by atoms with Crippen LogP contribution in [0.15, 0.2) is 23.0 Å². The summed E-state index contributed by atoms with van der Waals surface area (Å²) < 4.78 is 0.965. The van der Waals surface area contributed by atoms with Crippen molar-refractivity contribution in [3.8, 4) is 0 Å². The molecule has 0 aliphatic carbocycles. The molecule has 0 aliphatic rings. The number of rotatable bonds is 2. The molecular weight excluding hydrogens is 144 g/mol. The summed E-state index contributed by atoms with van der Waals surface area (Å²) in [5, 5.41) is 6.81. The Morgan fingerprint density at radius 1 is 1.45 bits per heavy atom. The maximum atomic E-state index is 10.9. The molecule has 0 bridgehead atoms. The first-order valence-electron chi connectivity index (χ1n) is 2.97. The first-order chi connectivity index (χ1) is 5.29. The summed E-state index contributed by atoms with van der Waals surface area (Å²) in [5.41, 5.74) is -0.183. The zero-order chi connectivity index (χ0) is 8.27. The van der Waals surface area contributed by atoms with Gasteiger partial charge in [0, 0.05) is 6.07 Å². The van der Waals surface area contributed by atoms with E-state index in [1.807, 2.05) is 0 Å². The molecule has 4 nitrogen and oxygen atoms in total. The number of aldehydes is 1. The second kappa shape index (κ2) is 2.92. The summed E-state index contributed by atoms with van der Waals surface area (Å²) in [6, 6.07) is 4.24. The van der Waals surface area contributed by atoms with Crippen molar-refractivity contribution in [2.45, 2.75) is 0 Å². The van der Waals surface area contributed by atoms with E-state index in [2.05, 4.69) is 0 Å². The van der Waals surface area contributed by atoms with Crippen LogP contribution < -0.4 is 5.56 Å². The molecule has 1 aromatic heterocycles. The zero-order valence-electron chi connectivity index (χ0n) is 5.65. The van der Waals surface area contributed by atoms with E-state index in [1.54, 1.807) is 0 Å². The van der Waals surface area contributed by atoms with Gasteiger partial charge in [-0.25, -0.2) is 0 Å². The van der Waals surface area contributed by atoms with Crippen molar-refractivity contribution >= 4 is 12.6 Å². The normalized spacial score (nSPS) is 9.09. The molecule has 0 unspecified atom stereocenters. The van der Waals surface area contributed by atoms with E-state index in [0.717, 1.165) is 10.9 Å². The number of pyridine rings is 1. The molecule has 0 radical (unpaired) electrons. The molecule has 0 aliphatic heterocycles. The van der Waals surface area contributed by atoms with Crippen molar-refractivity contribution in [1.82, 2.24) is 4.57 Å². The summed E-state index contributed by atoms with van der Waals surface area (Å²) in [6.07, 6.45) is 1.35. The van der Waals surface area contributed by atoms with Gasteiger partial charge in [-0.2, -0.15) is 0 Å². The van der Waals surface area contributed by atoms with E-state index in [1.165, 1.54) is 18.2 Å². The Labute approximate surface area is 62.6 Å². The minimum absolute atomic E-state index is 0.188. The van der Waals surface area contributed by atoms with Crippen molar-refractivity contribution in [1.29, 1.82) is 5.41 Å². The molecular formula is C7H6N2O2. The summed E-state index contributed by atoms with van der Waals surface area (Å²) in [4.78, 5) is 21.2. The summed E-state index contributed by atoms with van der Waals surface area (Å²) >= 11 is 0. The highest BCUT2D eigenvalue weighted by Crippen LogP contribution is 1.87. The van der Waals surface area contributed by atoms with Gasteiger partial charge < -0.3 is 0 Å². The van der Waals surface area contributed by atoms with Crippen LogP contribution >= 0.6 is 0 Å². The Morgan fingerprint density at radius 2 is 2.18 bits per heavy atom. The fourth-order valence-corrected chi connectivity index (χ4v) is 0.751. The minimum Gasteiger partial charge on any atom is -0.296 e. The van der Waals surface area contributed by atoms with E-state index < -0.39 is 0 Å². The average molecular weight is 150 g/mol. The lowest BCUT2D eigenvalue weighted by atomic mass is 10.3. The van der Waals surface area contributed by atoms with Crippen LogP contribution in [0.4, 0.5) is 0 Å². The Kier molecular flexibility index (Phi) is 1.96. The predicted molar refractivity (Wildman–Crippen MR) is 40.3 cm³/mol. The Bertz CT molecular complexity index is 341. The van der Waals surface area contributed by atoms with Gasteiger partial charge in [0.2, 0.25) is 0 Å². The fourth-order valence-electron chi connectivity index (χ4n) is 0.751. The Morgan fingerprint density at radius 3 is 2.64 bits per heavy atom. The summed E-state index contributed by atoms with van der Waals surface area (Å²) in [5.74, 6) is 0. The first kappa shape index (κ1) is 7.40. The molecule has 1 aromatic rings. The number of carbonyl (C=O) groups excluding carboxylic acids is 1. The van der Waals surface area contributed by atoms with Gasteiger partial charge >= 0.3 is 0 Å². The lowest BCUT2D eigenvalue weighted by Crippen LogP contribution is -2.21. The van der Waals surface area contributed by atoms with E-state index in [4.69, 9.17) is 5.41 Å². The van der Waals surface area contributed by atoms with Crippen molar-refractivity contribution in [2.24, 2.45) is 0 Å². The lowest BCUT2D eigenvalue weighted by Gasteiger charge is -1.97. The van der Waals surface area contributed by atoms with E-state index in [0.29, 0.717) is 6.29 Å². The molecule has 0 amide bonds. The maximum Gasteiger partial charge on any atom is 0.256 e. The topological polar surface area (TPSA) is 62.9 Å². The van der Waals surface area contributed by atoms with Crippen LogP contribution in [0.25, 0.3) is 0 Å². The minimum atomic E-state index is -0.371. The van der Waals surface area contributed by atoms with Crippen LogP contribution in [-0.4, -0.2) is 17.2 Å². The van der Waals surface area contributed by atoms with Crippen LogP contribution in [0.1, 0.15) is 10.5 Å². The van der Waals surface area contributed by atoms with E-state index >= 15 is 0 Å². The number of hydrogen-bond acceptors (Lipinski definition) is 3. The second-order valence-electron chi connectivity index (χ2n) is 1.91. The van der Waals surface area contributed by atoms with Gasteiger partial charge in [-0.3, -0.25) is 19.6 Å². The summed E-state index contributed by atoms with van der Waals surface area (Å²) in [6.45, 7) is 0. The molecule has 0 fully saturated rings. The van der Waals surface area contributed by atoms with Crippen LogP contribution in [0.3, 0.4) is 0 Å². The maximum absolute atomic E-state index is 10.9. The monoisotopic (exact) mass is 150 g/mol. The number of hydrogen-bond donors (Lipinski definition) is 1. The Hall–Kier alpha value is -1.71. The highest BCUT2D eigenvalue weighted by Gasteiger charge is 1.96. The van der Waals surface area contributed by atoms with Gasteiger partial charge in [0.05, 0.1) is 12.0 Å². The quantitative estimate of drug-likeness (QED) is 0.369. The molecule has 0 spiro atoms. The molecule has 1 rings (SSSR count). The van der Waals surface area contributed by atoms with Crippen molar-refractivity contribution in [3.63, 3.8) is 0 Å². The largest absolute Gasteiger partial charge is 0.296 e. The van der Waals surface area contributed by atoms with Gasteiger partial charge in [0.15, 0.2) is 6.29 Å². The first-order valence-corrected chi connectivity index (χ1v) is 2.97. The molecule has 56 valence electrons. The SMILES string of the molecule is N=Cn1c(C=O)cccc1=O. The van der Waals surface area contributed by atoms with Gasteiger partial charge in [-0.1, -0.05) is 6.07 Å². The third-order valence-electron chi connectivity index (χ3n) is 1.27. The van der Waals surface area contributed by atoms with Gasteiger partial charge in [-0.15, -0.1) is 0 Å². The van der Waals surface area contributed by atoms with E-state index in [-0.39, 0.29) is 11.3 Å². The van der Waals surface area contributed by atoms with Crippen molar-refractivity contribution < 1.29 is 4.79 Å². The predicted octanol–water partition coefficient (Wildman–Crippen LogP) is 0.116. The van der Waals surface area contributed by atoms with Gasteiger partial charge in [0.1, 0.15) is 0 Å². The van der Waals surface area contributed by atoms with Crippen LogP contribution in [0.2, 0.25) is 0 Å². The second-order valence-corrected chi connectivity index (χ2v) is 1.91. The average Bonchev–Trinajstić information content (AvgIpc) is 2.04. The third-order valence-corrected chi connectivity index (χ3v) is 1.27. The molecule has 0 aromatic carbocycles. The smallest absolute Gasteiger partial charge is 0.256 e. The highest BCUT2D eigenvalue weighted by molar-refractivity contribution is 5.76. The number of nitrogens with zero attached hydrogens (tertiary/aromatic N) is 1.